The highest BCUT2D eigenvalue weighted by atomic mass is 16.1. The molecule has 2 nitrogen and oxygen atoms in total. The maximum Gasteiger partial charge on any atom is 0.136 e. The zero-order valence-electron chi connectivity index (χ0n) is 7.05. The molecule has 0 radical (unpaired) electrons. The van der Waals surface area contributed by atoms with E-state index in [9.17, 15) is 4.79 Å². The van der Waals surface area contributed by atoms with Gasteiger partial charge in [0.1, 0.15) is 6.29 Å². The number of hydrogen-bond acceptors (Lipinski definition) is 2. The zero-order chi connectivity index (χ0) is 7.98. The third-order valence-electron chi connectivity index (χ3n) is 1.69. The molecule has 0 aliphatic heterocycles. The summed E-state index contributed by atoms with van der Waals surface area (Å²) < 4.78 is 0. The fraction of sp³-hybridized carbons (Fsp3) is 0.875. The van der Waals surface area contributed by atoms with Crippen molar-refractivity contribution in [1.29, 1.82) is 0 Å². The second-order valence-corrected chi connectivity index (χ2v) is 2.60. The van der Waals surface area contributed by atoms with Crippen LogP contribution in [0.5, 0.6) is 0 Å². The van der Waals surface area contributed by atoms with Crippen LogP contribution in [0.1, 0.15) is 33.6 Å². The first kappa shape index (κ1) is 9.63. The number of carbonyl (C=O) groups is 1. The van der Waals surface area contributed by atoms with Crippen LogP contribution in [0.15, 0.2) is 0 Å². The highest BCUT2D eigenvalue weighted by Crippen LogP contribution is 1.96. The van der Waals surface area contributed by atoms with E-state index in [0.717, 1.165) is 19.1 Å². The van der Waals surface area contributed by atoms with Crippen molar-refractivity contribution in [2.24, 2.45) is 0 Å². The quantitative estimate of drug-likeness (QED) is 0.589. The van der Waals surface area contributed by atoms with Gasteiger partial charge in [-0.1, -0.05) is 13.8 Å². The van der Waals surface area contributed by atoms with E-state index >= 15 is 0 Å². The largest absolute Gasteiger partial charge is 0.305 e. The van der Waals surface area contributed by atoms with E-state index < -0.39 is 0 Å². The first-order valence-electron chi connectivity index (χ1n) is 3.95. The van der Waals surface area contributed by atoms with Gasteiger partial charge in [0.2, 0.25) is 0 Å². The minimum Gasteiger partial charge on any atom is -0.305 e. The van der Waals surface area contributed by atoms with Crippen molar-refractivity contribution in [3.8, 4) is 0 Å². The summed E-state index contributed by atoms with van der Waals surface area (Å²) in [6, 6.07) is 0.505. The van der Waals surface area contributed by atoms with E-state index in [-0.39, 0.29) is 6.04 Å². The van der Waals surface area contributed by atoms with Gasteiger partial charge in [-0.2, -0.15) is 0 Å². The average molecular weight is 143 g/mol. The van der Waals surface area contributed by atoms with E-state index in [0.29, 0.717) is 6.04 Å². The van der Waals surface area contributed by atoms with Crippen molar-refractivity contribution in [2.75, 3.05) is 0 Å². The van der Waals surface area contributed by atoms with Gasteiger partial charge in [0.25, 0.3) is 0 Å². The van der Waals surface area contributed by atoms with Gasteiger partial charge < -0.3 is 10.1 Å². The molecule has 0 heterocycles. The average Bonchev–Trinajstić information content (AvgIpc) is 1.99. The summed E-state index contributed by atoms with van der Waals surface area (Å²) in [4.78, 5) is 10.2. The lowest BCUT2D eigenvalue weighted by molar-refractivity contribution is -0.109. The highest BCUT2D eigenvalue weighted by molar-refractivity contribution is 5.56. The van der Waals surface area contributed by atoms with Crippen molar-refractivity contribution < 1.29 is 4.79 Å². The fourth-order valence-electron chi connectivity index (χ4n) is 0.935. The Bertz CT molecular complexity index is 89.3. The van der Waals surface area contributed by atoms with Crippen LogP contribution in [0, 0.1) is 0 Å². The predicted octanol–water partition coefficient (Wildman–Crippen LogP) is 1.35. The molecular formula is C8H17NO. The minimum absolute atomic E-state index is 0.00454. The summed E-state index contributed by atoms with van der Waals surface area (Å²) in [6.07, 6.45) is 3.13. The molecule has 60 valence electrons. The van der Waals surface area contributed by atoms with Crippen molar-refractivity contribution in [3.63, 3.8) is 0 Å². The SMILES string of the molecule is CCC(CC)NC(C)C=O. The van der Waals surface area contributed by atoms with Gasteiger partial charge >= 0.3 is 0 Å². The normalized spacial score (nSPS) is 13.6. The molecule has 0 saturated heterocycles. The molecule has 2 heteroatoms. The molecule has 1 unspecified atom stereocenters. The zero-order valence-corrected chi connectivity index (χ0v) is 7.05. The molecule has 0 rings (SSSR count). The number of nitrogens with one attached hydrogen (secondary N) is 1. The molecule has 0 amide bonds. The van der Waals surface area contributed by atoms with Gasteiger partial charge in [-0.3, -0.25) is 0 Å². The molecule has 0 fully saturated rings. The number of hydrogen-bond donors (Lipinski definition) is 1. The second kappa shape index (κ2) is 5.42. The Morgan fingerprint density at radius 1 is 1.40 bits per heavy atom. The Hall–Kier alpha value is -0.370. The summed E-state index contributed by atoms with van der Waals surface area (Å²) in [7, 11) is 0. The van der Waals surface area contributed by atoms with Crippen LogP contribution in [0.3, 0.4) is 0 Å². The molecule has 0 aliphatic rings. The lowest BCUT2D eigenvalue weighted by Crippen LogP contribution is -2.36. The van der Waals surface area contributed by atoms with Crippen LogP contribution in [0.25, 0.3) is 0 Å². The lowest BCUT2D eigenvalue weighted by atomic mass is 10.1. The third-order valence-corrected chi connectivity index (χ3v) is 1.69. The Balaban J connectivity index is 3.51. The summed E-state index contributed by atoms with van der Waals surface area (Å²) in [5.74, 6) is 0. The smallest absolute Gasteiger partial charge is 0.136 e. The predicted molar refractivity (Wildman–Crippen MR) is 43.0 cm³/mol. The first-order chi connectivity index (χ1) is 4.74. The van der Waals surface area contributed by atoms with Gasteiger partial charge in [-0.05, 0) is 19.8 Å². The molecule has 1 atom stereocenters. The molecule has 0 bridgehead atoms. The van der Waals surface area contributed by atoms with Crippen LogP contribution in [0.2, 0.25) is 0 Å². The maximum absolute atomic E-state index is 10.2. The molecule has 0 aromatic carbocycles. The molecule has 0 aromatic heterocycles. The van der Waals surface area contributed by atoms with E-state index in [1.807, 2.05) is 6.92 Å². The maximum atomic E-state index is 10.2. The van der Waals surface area contributed by atoms with E-state index in [4.69, 9.17) is 0 Å². The fourth-order valence-corrected chi connectivity index (χ4v) is 0.935. The van der Waals surface area contributed by atoms with Gasteiger partial charge in [0, 0.05) is 6.04 Å². The van der Waals surface area contributed by atoms with Crippen molar-refractivity contribution in [1.82, 2.24) is 5.32 Å². The highest BCUT2D eigenvalue weighted by Gasteiger charge is 2.05. The number of aldehydes is 1. The van der Waals surface area contributed by atoms with E-state index in [1.165, 1.54) is 0 Å². The van der Waals surface area contributed by atoms with E-state index in [1.54, 1.807) is 0 Å². The van der Waals surface area contributed by atoms with Gasteiger partial charge in [0.15, 0.2) is 0 Å². The van der Waals surface area contributed by atoms with E-state index in [2.05, 4.69) is 19.2 Å². The van der Waals surface area contributed by atoms with Gasteiger partial charge in [-0.25, -0.2) is 0 Å². The Morgan fingerprint density at radius 2 is 1.90 bits per heavy atom. The molecule has 10 heavy (non-hydrogen) atoms. The van der Waals surface area contributed by atoms with Crippen molar-refractivity contribution in [3.05, 3.63) is 0 Å². The topological polar surface area (TPSA) is 29.1 Å². The lowest BCUT2D eigenvalue weighted by Gasteiger charge is -2.16. The molecular weight excluding hydrogens is 126 g/mol. The standard InChI is InChI=1S/C8H17NO/c1-4-8(5-2)9-7(3)6-10/h6-9H,4-5H2,1-3H3. The van der Waals surface area contributed by atoms with Crippen LogP contribution >= 0.6 is 0 Å². The van der Waals surface area contributed by atoms with Crippen LogP contribution < -0.4 is 5.32 Å². The van der Waals surface area contributed by atoms with Gasteiger partial charge in [-0.15, -0.1) is 0 Å². The van der Waals surface area contributed by atoms with Gasteiger partial charge in [0.05, 0.1) is 6.04 Å². The molecule has 1 N–H and O–H groups in total. The Kier molecular flexibility index (Phi) is 5.22. The monoisotopic (exact) mass is 143 g/mol. The third kappa shape index (κ3) is 3.62. The molecule has 0 spiro atoms. The second-order valence-electron chi connectivity index (χ2n) is 2.60. The Labute approximate surface area is 63.0 Å². The van der Waals surface area contributed by atoms with Crippen molar-refractivity contribution in [2.45, 2.75) is 45.7 Å². The summed E-state index contributed by atoms with van der Waals surface area (Å²) in [6.45, 7) is 6.13. The van der Waals surface area contributed by atoms with Crippen molar-refractivity contribution >= 4 is 6.29 Å². The number of carbonyl (C=O) groups excluding carboxylic acids is 1. The Morgan fingerprint density at radius 3 is 2.20 bits per heavy atom. The molecule has 0 aliphatic carbocycles. The summed E-state index contributed by atoms with van der Waals surface area (Å²) in [5.41, 5.74) is 0. The first-order valence-corrected chi connectivity index (χ1v) is 3.95. The summed E-state index contributed by atoms with van der Waals surface area (Å²) in [5, 5.41) is 3.20. The van der Waals surface area contributed by atoms with Crippen LogP contribution in [0.4, 0.5) is 0 Å². The van der Waals surface area contributed by atoms with Crippen LogP contribution in [-0.2, 0) is 4.79 Å². The minimum atomic E-state index is 0.00454. The summed E-state index contributed by atoms with van der Waals surface area (Å²) >= 11 is 0. The van der Waals surface area contributed by atoms with Crippen LogP contribution in [-0.4, -0.2) is 18.4 Å². The molecule has 0 saturated carbocycles. The number of rotatable bonds is 5. The molecule has 0 aromatic rings.